The summed E-state index contributed by atoms with van der Waals surface area (Å²) in [5.74, 6) is 0.223. The lowest BCUT2D eigenvalue weighted by Crippen LogP contribution is -2.33. The molecule has 0 spiro atoms. The van der Waals surface area contributed by atoms with E-state index in [2.05, 4.69) is 5.32 Å². The molecule has 174 valence electrons. The van der Waals surface area contributed by atoms with Gasteiger partial charge < -0.3 is 10.1 Å². The van der Waals surface area contributed by atoms with E-state index in [4.69, 9.17) is 16.3 Å². The summed E-state index contributed by atoms with van der Waals surface area (Å²) in [5, 5.41) is 3.17. The molecule has 0 aliphatic rings. The number of halogens is 1. The standard InChI is InChI=1S/C25H27ClN2O4S/c1-17(2)28(3)33(30,31)21-14-15-23(26)22(16-21)25(29)27-24(18-8-6-5-7-9-18)19-10-12-20(32-4)13-11-19/h5-17,24H,1-4H3,(H,27,29)/t24-/m1/s1. The third-order valence-corrected chi connectivity index (χ3v) is 7.80. The van der Waals surface area contributed by atoms with Gasteiger partial charge in [-0.3, -0.25) is 4.79 Å². The molecule has 0 aliphatic carbocycles. The Morgan fingerprint density at radius 2 is 1.58 bits per heavy atom. The zero-order valence-electron chi connectivity index (χ0n) is 18.9. The molecule has 0 aromatic heterocycles. The average molecular weight is 487 g/mol. The topological polar surface area (TPSA) is 75.7 Å². The summed E-state index contributed by atoms with van der Waals surface area (Å²) in [6, 6.07) is 20.3. The van der Waals surface area contributed by atoms with Crippen molar-refractivity contribution in [3.63, 3.8) is 0 Å². The van der Waals surface area contributed by atoms with E-state index >= 15 is 0 Å². The molecule has 0 heterocycles. The Labute approximate surface area is 200 Å². The predicted octanol–water partition coefficient (Wildman–Crippen LogP) is 4.90. The van der Waals surface area contributed by atoms with Gasteiger partial charge in [0.25, 0.3) is 5.91 Å². The minimum Gasteiger partial charge on any atom is -0.497 e. The van der Waals surface area contributed by atoms with Crippen molar-refractivity contribution in [2.24, 2.45) is 0 Å². The fourth-order valence-corrected chi connectivity index (χ4v) is 4.89. The highest BCUT2D eigenvalue weighted by Gasteiger charge is 2.26. The van der Waals surface area contributed by atoms with Crippen LogP contribution in [-0.2, 0) is 10.0 Å². The number of rotatable bonds is 8. The summed E-state index contributed by atoms with van der Waals surface area (Å²) < 4.78 is 32.3. The molecule has 3 aromatic rings. The van der Waals surface area contributed by atoms with Gasteiger partial charge in [0.2, 0.25) is 10.0 Å². The van der Waals surface area contributed by atoms with E-state index in [1.165, 1.54) is 29.6 Å². The summed E-state index contributed by atoms with van der Waals surface area (Å²) in [6.45, 7) is 3.56. The molecule has 0 saturated heterocycles. The van der Waals surface area contributed by atoms with Gasteiger partial charge in [0.05, 0.1) is 28.6 Å². The number of nitrogens with zero attached hydrogens (tertiary/aromatic N) is 1. The molecule has 0 aliphatic heterocycles. The van der Waals surface area contributed by atoms with Crippen molar-refractivity contribution in [2.45, 2.75) is 30.8 Å². The first-order valence-electron chi connectivity index (χ1n) is 10.4. The van der Waals surface area contributed by atoms with Gasteiger partial charge in [0.1, 0.15) is 5.75 Å². The Hall–Kier alpha value is -2.87. The number of ether oxygens (including phenoxy) is 1. The van der Waals surface area contributed by atoms with Crippen molar-refractivity contribution < 1.29 is 17.9 Å². The van der Waals surface area contributed by atoms with E-state index in [1.54, 1.807) is 21.0 Å². The van der Waals surface area contributed by atoms with E-state index < -0.39 is 22.0 Å². The van der Waals surface area contributed by atoms with Gasteiger partial charge in [0, 0.05) is 13.1 Å². The lowest BCUT2D eigenvalue weighted by atomic mass is 9.98. The van der Waals surface area contributed by atoms with E-state index in [1.807, 2.05) is 54.6 Å². The van der Waals surface area contributed by atoms with Crippen LogP contribution in [0.2, 0.25) is 5.02 Å². The Morgan fingerprint density at radius 1 is 0.970 bits per heavy atom. The molecular formula is C25H27ClN2O4S. The highest BCUT2D eigenvalue weighted by molar-refractivity contribution is 7.89. The number of benzene rings is 3. The molecule has 3 rings (SSSR count). The first-order chi connectivity index (χ1) is 15.6. The van der Waals surface area contributed by atoms with E-state index in [0.29, 0.717) is 5.75 Å². The number of hydrogen-bond acceptors (Lipinski definition) is 4. The smallest absolute Gasteiger partial charge is 0.253 e. The monoisotopic (exact) mass is 486 g/mol. The second kappa shape index (κ2) is 10.4. The van der Waals surface area contributed by atoms with Gasteiger partial charge in [-0.1, -0.05) is 54.1 Å². The Bertz CT molecular complexity index is 1210. The molecule has 6 nitrogen and oxygen atoms in total. The molecule has 1 atom stereocenters. The number of amides is 1. The minimum atomic E-state index is -3.77. The summed E-state index contributed by atoms with van der Waals surface area (Å²) in [7, 11) is -0.679. The van der Waals surface area contributed by atoms with Crippen LogP contribution in [0.5, 0.6) is 5.75 Å². The van der Waals surface area contributed by atoms with Crippen LogP contribution in [0.1, 0.15) is 41.4 Å². The number of hydrogen-bond donors (Lipinski definition) is 1. The van der Waals surface area contributed by atoms with Gasteiger partial charge in [-0.25, -0.2) is 8.42 Å². The molecule has 0 radical (unpaired) electrons. The van der Waals surface area contributed by atoms with Gasteiger partial charge in [-0.15, -0.1) is 0 Å². The number of carbonyl (C=O) groups is 1. The third-order valence-electron chi connectivity index (χ3n) is 5.44. The van der Waals surface area contributed by atoms with Gasteiger partial charge in [0.15, 0.2) is 0 Å². The third kappa shape index (κ3) is 5.55. The van der Waals surface area contributed by atoms with Crippen molar-refractivity contribution >= 4 is 27.5 Å². The molecule has 1 N–H and O–H groups in total. The Kier molecular flexibility index (Phi) is 7.79. The largest absolute Gasteiger partial charge is 0.497 e. The zero-order chi connectivity index (χ0) is 24.2. The van der Waals surface area contributed by atoms with Crippen molar-refractivity contribution in [3.8, 4) is 5.75 Å². The van der Waals surface area contributed by atoms with Crippen LogP contribution in [-0.4, -0.2) is 38.8 Å². The number of methoxy groups -OCH3 is 1. The lowest BCUT2D eigenvalue weighted by molar-refractivity contribution is 0.0943. The molecule has 0 fully saturated rings. The SMILES string of the molecule is COc1ccc([C@H](NC(=O)c2cc(S(=O)(=O)N(C)C(C)C)ccc2Cl)c2ccccc2)cc1. The molecular weight excluding hydrogens is 460 g/mol. The summed E-state index contributed by atoms with van der Waals surface area (Å²) in [5.41, 5.74) is 1.80. The molecule has 3 aromatic carbocycles. The van der Waals surface area contributed by atoms with Crippen LogP contribution in [0.4, 0.5) is 0 Å². The summed E-state index contributed by atoms with van der Waals surface area (Å²) in [6.07, 6.45) is 0. The zero-order valence-corrected chi connectivity index (χ0v) is 20.5. The highest BCUT2D eigenvalue weighted by Crippen LogP contribution is 2.27. The molecule has 0 bridgehead atoms. The Balaban J connectivity index is 1.98. The van der Waals surface area contributed by atoms with Crippen molar-refractivity contribution in [1.29, 1.82) is 0 Å². The van der Waals surface area contributed by atoms with Gasteiger partial charge >= 0.3 is 0 Å². The maximum Gasteiger partial charge on any atom is 0.253 e. The molecule has 0 unspecified atom stereocenters. The fourth-order valence-electron chi connectivity index (χ4n) is 3.29. The maximum absolute atomic E-state index is 13.3. The summed E-state index contributed by atoms with van der Waals surface area (Å²) >= 11 is 6.31. The van der Waals surface area contributed by atoms with Crippen LogP contribution in [0, 0.1) is 0 Å². The number of sulfonamides is 1. The molecule has 0 saturated carbocycles. The first kappa shape index (κ1) is 24.8. The van der Waals surface area contributed by atoms with Crippen LogP contribution < -0.4 is 10.1 Å². The molecule has 33 heavy (non-hydrogen) atoms. The normalized spacial score (nSPS) is 12.6. The highest BCUT2D eigenvalue weighted by atomic mass is 35.5. The predicted molar refractivity (Wildman–Crippen MR) is 130 cm³/mol. The second-order valence-corrected chi connectivity index (χ2v) is 10.3. The van der Waals surface area contributed by atoms with Crippen LogP contribution in [0.15, 0.2) is 77.7 Å². The van der Waals surface area contributed by atoms with Crippen LogP contribution >= 0.6 is 11.6 Å². The minimum absolute atomic E-state index is 0.00829. The lowest BCUT2D eigenvalue weighted by Gasteiger charge is -2.22. The van der Waals surface area contributed by atoms with Crippen molar-refractivity contribution in [3.05, 3.63) is 94.5 Å². The first-order valence-corrected chi connectivity index (χ1v) is 12.2. The second-order valence-electron chi connectivity index (χ2n) is 7.85. The Morgan fingerprint density at radius 3 is 2.15 bits per heavy atom. The van der Waals surface area contributed by atoms with E-state index in [0.717, 1.165) is 11.1 Å². The molecule has 1 amide bonds. The van der Waals surface area contributed by atoms with E-state index in [9.17, 15) is 13.2 Å². The van der Waals surface area contributed by atoms with Gasteiger partial charge in [-0.2, -0.15) is 4.31 Å². The molecule has 8 heteroatoms. The quantitative estimate of drug-likeness (QED) is 0.491. The summed E-state index contributed by atoms with van der Waals surface area (Å²) in [4.78, 5) is 13.3. The van der Waals surface area contributed by atoms with Crippen LogP contribution in [0.3, 0.4) is 0 Å². The average Bonchev–Trinajstić information content (AvgIpc) is 2.82. The van der Waals surface area contributed by atoms with Crippen molar-refractivity contribution in [2.75, 3.05) is 14.2 Å². The van der Waals surface area contributed by atoms with Gasteiger partial charge in [-0.05, 0) is 55.3 Å². The fraction of sp³-hybridized carbons (Fsp3) is 0.240. The van der Waals surface area contributed by atoms with Crippen LogP contribution in [0.25, 0.3) is 0 Å². The number of nitrogens with one attached hydrogen (secondary N) is 1. The number of carbonyl (C=O) groups excluding carboxylic acids is 1. The van der Waals surface area contributed by atoms with Crippen molar-refractivity contribution in [1.82, 2.24) is 9.62 Å². The maximum atomic E-state index is 13.3. The van der Waals surface area contributed by atoms with E-state index in [-0.39, 0.29) is 21.5 Å².